The maximum Gasteiger partial charge on any atom is 0.405 e. The molecule has 0 saturated carbocycles. The number of amides is 4. The summed E-state index contributed by atoms with van der Waals surface area (Å²) in [7, 11) is 1.58. The molecule has 3 rings (SSSR count). The third-order valence-corrected chi connectivity index (χ3v) is 7.72. The molecule has 0 radical (unpaired) electrons. The molecule has 0 fully saturated rings. The van der Waals surface area contributed by atoms with E-state index in [1.165, 1.54) is 5.01 Å². The van der Waals surface area contributed by atoms with E-state index in [1.54, 1.807) is 13.2 Å². The summed E-state index contributed by atoms with van der Waals surface area (Å²) in [5.74, 6) is -0.688. The SMILES string of the molecule is CCOC(OCC)C(C)N(Cc1cccc2cccnc12)CC(CCC(=O)CNC(=O)O)NC(=O)CN(C)NC(=O)NCc1ccccc1. The van der Waals surface area contributed by atoms with Crippen LogP contribution in [-0.4, -0.2) is 102 Å². The molecule has 0 saturated heterocycles. The minimum absolute atomic E-state index is 0.0274. The third-order valence-electron chi connectivity index (χ3n) is 7.72. The largest absolute Gasteiger partial charge is 0.465 e. The van der Waals surface area contributed by atoms with Crippen LogP contribution in [0.25, 0.3) is 10.9 Å². The Labute approximate surface area is 287 Å². The predicted octanol–water partition coefficient (Wildman–Crippen LogP) is 3.27. The number of carbonyl (C=O) groups is 4. The van der Waals surface area contributed by atoms with Crippen molar-refractivity contribution < 1.29 is 33.8 Å². The average molecular weight is 680 g/mol. The van der Waals surface area contributed by atoms with Gasteiger partial charge in [-0.15, -0.1) is 0 Å². The van der Waals surface area contributed by atoms with Gasteiger partial charge in [-0.2, -0.15) is 0 Å². The highest BCUT2D eigenvalue weighted by Gasteiger charge is 2.29. The van der Waals surface area contributed by atoms with Crippen molar-refractivity contribution in [3.05, 3.63) is 78.0 Å². The van der Waals surface area contributed by atoms with Crippen molar-refractivity contribution >= 4 is 34.7 Å². The lowest BCUT2D eigenvalue weighted by atomic mass is 10.0. The number of likely N-dealkylation sites (N-methyl/N-ethyl adjacent to an activating group) is 1. The molecule has 49 heavy (non-hydrogen) atoms. The second-order valence-electron chi connectivity index (χ2n) is 11.6. The number of para-hydroxylation sites is 1. The normalized spacial score (nSPS) is 12.6. The van der Waals surface area contributed by atoms with Gasteiger partial charge in [0.1, 0.15) is 0 Å². The Kier molecular flexibility index (Phi) is 16.4. The summed E-state index contributed by atoms with van der Waals surface area (Å²) in [6.45, 7) is 7.22. The van der Waals surface area contributed by atoms with E-state index in [4.69, 9.17) is 14.6 Å². The fourth-order valence-corrected chi connectivity index (χ4v) is 5.33. The number of hydrazine groups is 1. The fourth-order valence-electron chi connectivity index (χ4n) is 5.33. The summed E-state index contributed by atoms with van der Waals surface area (Å²) in [5, 5.41) is 19.2. The zero-order chi connectivity index (χ0) is 35.6. The summed E-state index contributed by atoms with van der Waals surface area (Å²) in [4.78, 5) is 56.0. The summed E-state index contributed by atoms with van der Waals surface area (Å²) in [6, 6.07) is 18.0. The highest BCUT2D eigenvalue weighted by molar-refractivity contribution is 5.84. The maximum absolute atomic E-state index is 13.3. The van der Waals surface area contributed by atoms with Gasteiger partial charge in [-0.25, -0.2) is 14.6 Å². The molecule has 0 spiro atoms. The first-order chi connectivity index (χ1) is 23.6. The van der Waals surface area contributed by atoms with Crippen LogP contribution in [0.4, 0.5) is 9.59 Å². The number of carboxylic acid groups (broad SMARTS) is 1. The molecule has 14 heteroatoms. The highest BCUT2D eigenvalue weighted by Crippen LogP contribution is 2.21. The first-order valence-corrected chi connectivity index (χ1v) is 16.5. The number of nitrogens with zero attached hydrogens (tertiary/aromatic N) is 3. The molecule has 0 aliphatic carbocycles. The van der Waals surface area contributed by atoms with Crippen molar-refractivity contribution in [2.24, 2.45) is 0 Å². The molecule has 4 amide bonds. The van der Waals surface area contributed by atoms with Crippen LogP contribution in [0.2, 0.25) is 0 Å². The Bertz CT molecular complexity index is 1480. The second-order valence-corrected chi connectivity index (χ2v) is 11.6. The highest BCUT2D eigenvalue weighted by atomic mass is 16.7. The fraction of sp³-hybridized carbons (Fsp3) is 0.457. The summed E-state index contributed by atoms with van der Waals surface area (Å²) in [5.41, 5.74) is 5.39. The molecule has 266 valence electrons. The second kappa shape index (κ2) is 20.7. The van der Waals surface area contributed by atoms with Crippen molar-refractivity contribution in [3.63, 3.8) is 0 Å². The van der Waals surface area contributed by atoms with Crippen LogP contribution in [-0.2, 0) is 32.2 Å². The van der Waals surface area contributed by atoms with Crippen molar-refractivity contribution in [3.8, 4) is 0 Å². The third kappa shape index (κ3) is 13.8. The number of hydrogen-bond donors (Lipinski definition) is 5. The van der Waals surface area contributed by atoms with Crippen LogP contribution in [0.3, 0.4) is 0 Å². The standard InChI is InChI=1S/C35H49N7O7/c1-5-48-33(49-6-2)25(3)42(22-28-15-10-14-27-16-11-19-36-32(27)28)23-29(17-18-30(43)21-38-35(46)47)39-31(44)24-41(4)40-34(45)37-20-26-12-8-7-9-13-26/h7-16,19,25,29,33,38H,5-6,17-18,20-24H2,1-4H3,(H,39,44)(H,46,47)(H2,37,40,45). The van der Waals surface area contributed by atoms with Gasteiger partial charge in [0, 0.05) is 63.9 Å². The van der Waals surface area contributed by atoms with Gasteiger partial charge in [0.05, 0.1) is 24.6 Å². The van der Waals surface area contributed by atoms with Crippen molar-refractivity contribution in [1.82, 2.24) is 36.3 Å². The molecule has 0 bridgehead atoms. The lowest BCUT2D eigenvalue weighted by Gasteiger charge is -2.37. The molecule has 2 aromatic carbocycles. The molecule has 2 atom stereocenters. The topological polar surface area (TPSA) is 174 Å². The number of aromatic nitrogens is 1. The van der Waals surface area contributed by atoms with Gasteiger partial charge in [-0.1, -0.05) is 54.6 Å². The van der Waals surface area contributed by atoms with Crippen molar-refractivity contribution in [2.75, 3.05) is 39.9 Å². The lowest BCUT2D eigenvalue weighted by molar-refractivity contribution is -0.172. The number of fused-ring (bicyclic) bond motifs is 1. The number of rotatable bonds is 21. The zero-order valence-corrected chi connectivity index (χ0v) is 28.7. The quantitative estimate of drug-likeness (QED) is 0.0831. The molecular weight excluding hydrogens is 630 g/mol. The van der Waals surface area contributed by atoms with Crippen LogP contribution in [0.1, 0.15) is 44.7 Å². The van der Waals surface area contributed by atoms with E-state index in [0.29, 0.717) is 32.8 Å². The molecule has 2 unspecified atom stereocenters. The molecule has 0 aliphatic heterocycles. The average Bonchev–Trinajstić information content (AvgIpc) is 3.08. The number of ketones is 1. The summed E-state index contributed by atoms with van der Waals surface area (Å²) in [6.07, 6.45) is 0.156. The summed E-state index contributed by atoms with van der Waals surface area (Å²) >= 11 is 0. The molecular formula is C35H49N7O7. The van der Waals surface area contributed by atoms with Gasteiger partial charge in [-0.3, -0.25) is 24.9 Å². The Morgan fingerprint density at radius 1 is 0.939 bits per heavy atom. The lowest BCUT2D eigenvalue weighted by Crippen LogP contribution is -2.53. The number of ether oxygens (including phenoxy) is 2. The number of urea groups is 1. The van der Waals surface area contributed by atoms with Gasteiger partial charge in [-0.05, 0) is 44.4 Å². The van der Waals surface area contributed by atoms with E-state index >= 15 is 0 Å². The Hall–Kier alpha value is -4.63. The number of carbonyl (C=O) groups excluding carboxylic acids is 3. The van der Waals surface area contributed by atoms with Crippen molar-refractivity contribution in [1.29, 1.82) is 0 Å². The smallest absolute Gasteiger partial charge is 0.405 e. The van der Waals surface area contributed by atoms with Crippen LogP contribution in [0.5, 0.6) is 0 Å². The maximum atomic E-state index is 13.3. The molecule has 3 aromatic rings. The van der Waals surface area contributed by atoms with Crippen LogP contribution >= 0.6 is 0 Å². The molecule has 1 aromatic heterocycles. The van der Waals surface area contributed by atoms with Crippen molar-refractivity contribution in [2.45, 2.75) is 65.1 Å². The number of nitrogens with one attached hydrogen (secondary N) is 4. The minimum Gasteiger partial charge on any atom is -0.465 e. The van der Waals surface area contributed by atoms with Gasteiger partial charge in [0.15, 0.2) is 12.1 Å². The first-order valence-electron chi connectivity index (χ1n) is 16.5. The van der Waals surface area contributed by atoms with E-state index in [1.807, 2.05) is 81.4 Å². The van der Waals surface area contributed by atoms with E-state index in [-0.39, 0.29) is 43.7 Å². The monoisotopic (exact) mass is 679 g/mol. The number of hydrogen-bond acceptors (Lipinski definition) is 9. The number of pyridine rings is 1. The Morgan fingerprint density at radius 3 is 2.35 bits per heavy atom. The van der Waals surface area contributed by atoms with E-state index in [2.05, 4.69) is 31.3 Å². The molecule has 5 N–H and O–H groups in total. The van der Waals surface area contributed by atoms with Crippen LogP contribution in [0.15, 0.2) is 66.9 Å². The first kappa shape index (κ1) is 38.8. The van der Waals surface area contributed by atoms with E-state index in [9.17, 15) is 19.2 Å². The summed E-state index contributed by atoms with van der Waals surface area (Å²) < 4.78 is 11.9. The molecule has 1 heterocycles. The Morgan fingerprint density at radius 2 is 1.65 bits per heavy atom. The van der Waals surface area contributed by atoms with Gasteiger partial charge in [0.2, 0.25) is 5.91 Å². The molecule has 14 nitrogen and oxygen atoms in total. The number of benzene rings is 2. The van der Waals surface area contributed by atoms with Crippen LogP contribution < -0.4 is 21.4 Å². The van der Waals surface area contributed by atoms with Gasteiger partial charge in [0.25, 0.3) is 0 Å². The molecule has 0 aliphatic rings. The number of Topliss-reactive ketones (excluding diaryl/α,β-unsaturated/α-hetero) is 1. The van der Waals surface area contributed by atoms with Gasteiger partial charge >= 0.3 is 12.1 Å². The van der Waals surface area contributed by atoms with Crippen LogP contribution in [0, 0.1) is 0 Å². The zero-order valence-electron chi connectivity index (χ0n) is 28.7. The predicted molar refractivity (Wildman–Crippen MR) is 185 cm³/mol. The Balaban J connectivity index is 1.78. The van der Waals surface area contributed by atoms with E-state index < -0.39 is 24.5 Å². The van der Waals surface area contributed by atoms with E-state index in [0.717, 1.165) is 22.0 Å². The minimum atomic E-state index is -1.29. The van der Waals surface area contributed by atoms with Gasteiger partial charge < -0.3 is 30.5 Å².